The summed E-state index contributed by atoms with van der Waals surface area (Å²) >= 11 is 0. The van der Waals surface area contributed by atoms with E-state index in [2.05, 4.69) is 15.6 Å². The molecule has 1 aromatic heterocycles. The highest BCUT2D eigenvalue weighted by Gasteiger charge is 2.42. The third-order valence-electron chi connectivity index (χ3n) is 2.92. The van der Waals surface area contributed by atoms with Gasteiger partial charge in [0, 0.05) is 12.6 Å². The fraction of sp³-hybridized carbons (Fsp3) is 0.500. The molecule has 2 rings (SSSR count). The Labute approximate surface area is 104 Å². The zero-order valence-corrected chi connectivity index (χ0v) is 9.99. The van der Waals surface area contributed by atoms with Crippen LogP contribution in [0.25, 0.3) is 0 Å². The van der Waals surface area contributed by atoms with E-state index in [0.29, 0.717) is 5.69 Å². The summed E-state index contributed by atoms with van der Waals surface area (Å²) in [5.74, 6) is -3.21. The Morgan fingerprint density at radius 3 is 2.94 bits per heavy atom. The average molecular weight is 255 g/mol. The normalized spacial score (nSPS) is 23.6. The Morgan fingerprint density at radius 2 is 2.39 bits per heavy atom. The molecule has 1 aliphatic rings. The molecule has 0 bridgehead atoms. The van der Waals surface area contributed by atoms with Crippen LogP contribution < -0.4 is 10.6 Å². The molecule has 0 spiro atoms. The minimum Gasteiger partial charge on any atom is -0.347 e. The van der Waals surface area contributed by atoms with Crippen LogP contribution in [0, 0.1) is 0 Å². The molecule has 0 radical (unpaired) electrons. The van der Waals surface area contributed by atoms with E-state index in [-0.39, 0.29) is 6.04 Å². The molecule has 4 nitrogen and oxygen atoms in total. The highest BCUT2D eigenvalue weighted by molar-refractivity contribution is 5.82. The molecule has 1 amide bonds. The highest BCUT2D eigenvalue weighted by atomic mass is 19.3. The number of carbonyl (C=O) groups is 1. The number of nitrogens with zero attached hydrogens (tertiary/aromatic N) is 1. The van der Waals surface area contributed by atoms with Crippen LogP contribution in [0.1, 0.15) is 25.1 Å². The molecule has 2 heterocycles. The van der Waals surface area contributed by atoms with Crippen LogP contribution >= 0.6 is 0 Å². The average Bonchev–Trinajstić information content (AvgIpc) is 2.71. The maximum Gasteiger partial charge on any atom is 0.262 e. The molecule has 0 aliphatic carbocycles. The summed E-state index contributed by atoms with van der Waals surface area (Å²) < 4.78 is 25.9. The van der Waals surface area contributed by atoms with E-state index in [4.69, 9.17) is 0 Å². The van der Waals surface area contributed by atoms with E-state index in [0.717, 1.165) is 0 Å². The van der Waals surface area contributed by atoms with Gasteiger partial charge in [-0.3, -0.25) is 15.1 Å². The molecule has 0 saturated carbocycles. The van der Waals surface area contributed by atoms with Gasteiger partial charge in [-0.1, -0.05) is 6.07 Å². The van der Waals surface area contributed by atoms with Crippen molar-refractivity contribution in [3.63, 3.8) is 0 Å². The summed E-state index contributed by atoms with van der Waals surface area (Å²) in [6, 6.07) is 4.24. The summed E-state index contributed by atoms with van der Waals surface area (Å²) in [4.78, 5) is 15.9. The Kier molecular flexibility index (Phi) is 3.56. The SMILES string of the molecule is CC(NC(=O)C1CC(F)(F)CN1)c1ccccn1. The van der Waals surface area contributed by atoms with E-state index in [1.54, 1.807) is 25.3 Å². The monoisotopic (exact) mass is 255 g/mol. The zero-order valence-electron chi connectivity index (χ0n) is 9.99. The molecule has 1 aromatic rings. The molecular weight excluding hydrogens is 240 g/mol. The van der Waals surface area contributed by atoms with Gasteiger partial charge in [0.05, 0.1) is 24.3 Å². The molecule has 1 saturated heterocycles. The van der Waals surface area contributed by atoms with E-state index in [9.17, 15) is 13.6 Å². The second-order valence-corrected chi connectivity index (χ2v) is 4.48. The molecule has 6 heteroatoms. The van der Waals surface area contributed by atoms with Crippen LogP contribution in [0.3, 0.4) is 0 Å². The van der Waals surface area contributed by atoms with Gasteiger partial charge in [0.2, 0.25) is 5.91 Å². The Bertz CT molecular complexity index is 425. The standard InChI is InChI=1S/C12H15F2N3O/c1-8(9-4-2-3-5-15-9)17-11(18)10-6-12(13,14)7-16-10/h2-5,8,10,16H,6-7H2,1H3,(H,17,18). The fourth-order valence-electron chi connectivity index (χ4n) is 1.92. The minimum absolute atomic E-state index is 0.297. The van der Waals surface area contributed by atoms with Crippen molar-refractivity contribution in [2.75, 3.05) is 6.54 Å². The van der Waals surface area contributed by atoms with Crippen molar-refractivity contribution < 1.29 is 13.6 Å². The lowest BCUT2D eigenvalue weighted by molar-refractivity contribution is -0.124. The summed E-state index contributed by atoms with van der Waals surface area (Å²) in [6.45, 7) is 1.33. The number of hydrogen-bond donors (Lipinski definition) is 2. The quantitative estimate of drug-likeness (QED) is 0.855. The molecule has 2 atom stereocenters. The summed E-state index contributed by atoms with van der Waals surface area (Å²) in [5.41, 5.74) is 0.704. The maximum absolute atomic E-state index is 13.0. The third-order valence-corrected chi connectivity index (χ3v) is 2.92. The molecule has 1 aliphatic heterocycles. The number of nitrogens with one attached hydrogen (secondary N) is 2. The molecular formula is C12H15F2N3O. The van der Waals surface area contributed by atoms with Crippen molar-refractivity contribution in [3.8, 4) is 0 Å². The number of carbonyl (C=O) groups excluding carboxylic acids is 1. The number of rotatable bonds is 3. The number of halogens is 2. The Morgan fingerprint density at radius 1 is 1.61 bits per heavy atom. The van der Waals surface area contributed by atoms with Gasteiger partial charge in [-0.2, -0.15) is 0 Å². The lowest BCUT2D eigenvalue weighted by atomic mass is 10.1. The first-order chi connectivity index (χ1) is 8.48. The number of pyridine rings is 1. The lowest BCUT2D eigenvalue weighted by Gasteiger charge is -2.16. The van der Waals surface area contributed by atoms with Crippen molar-refractivity contribution in [3.05, 3.63) is 30.1 Å². The van der Waals surface area contributed by atoms with Crippen LogP contribution in [0.2, 0.25) is 0 Å². The van der Waals surface area contributed by atoms with Crippen molar-refractivity contribution in [1.82, 2.24) is 15.6 Å². The smallest absolute Gasteiger partial charge is 0.262 e. The number of alkyl halides is 2. The first kappa shape index (κ1) is 12.9. The molecule has 2 unspecified atom stereocenters. The molecule has 98 valence electrons. The Hall–Kier alpha value is -1.56. The third kappa shape index (κ3) is 3.01. The van der Waals surface area contributed by atoms with Gasteiger partial charge < -0.3 is 5.32 Å². The van der Waals surface area contributed by atoms with Gasteiger partial charge in [-0.25, -0.2) is 8.78 Å². The van der Waals surface area contributed by atoms with Gasteiger partial charge >= 0.3 is 0 Å². The molecule has 18 heavy (non-hydrogen) atoms. The molecule has 2 N–H and O–H groups in total. The number of hydrogen-bond acceptors (Lipinski definition) is 3. The predicted octanol–water partition coefficient (Wildman–Crippen LogP) is 1.26. The van der Waals surface area contributed by atoms with Gasteiger partial charge in [0.15, 0.2) is 0 Å². The van der Waals surface area contributed by atoms with Crippen LogP contribution in [-0.4, -0.2) is 29.4 Å². The summed E-state index contributed by atoms with van der Waals surface area (Å²) in [6.07, 6.45) is 1.17. The van der Waals surface area contributed by atoms with Crippen molar-refractivity contribution in [2.45, 2.75) is 31.4 Å². The largest absolute Gasteiger partial charge is 0.347 e. The van der Waals surface area contributed by atoms with Crippen LogP contribution in [-0.2, 0) is 4.79 Å². The zero-order chi connectivity index (χ0) is 13.2. The van der Waals surface area contributed by atoms with Crippen molar-refractivity contribution >= 4 is 5.91 Å². The first-order valence-electron chi connectivity index (χ1n) is 5.80. The topological polar surface area (TPSA) is 54.0 Å². The van der Waals surface area contributed by atoms with E-state index >= 15 is 0 Å². The van der Waals surface area contributed by atoms with Gasteiger partial charge in [-0.05, 0) is 19.1 Å². The van der Waals surface area contributed by atoms with Crippen LogP contribution in [0.5, 0.6) is 0 Å². The van der Waals surface area contributed by atoms with Crippen LogP contribution in [0.15, 0.2) is 24.4 Å². The highest BCUT2D eigenvalue weighted by Crippen LogP contribution is 2.25. The summed E-state index contributed by atoms with van der Waals surface area (Å²) in [5, 5.41) is 5.20. The van der Waals surface area contributed by atoms with Gasteiger partial charge in [0.1, 0.15) is 0 Å². The van der Waals surface area contributed by atoms with Gasteiger partial charge in [-0.15, -0.1) is 0 Å². The lowest BCUT2D eigenvalue weighted by Crippen LogP contribution is -2.41. The number of aromatic nitrogens is 1. The van der Waals surface area contributed by atoms with Gasteiger partial charge in [0.25, 0.3) is 5.92 Å². The number of amides is 1. The molecule has 1 fully saturated rings. The predicted molar refractivity (Wildman–Crippen MR) is 62.1 cm³/mol. The van der Waals surface area contributed by atoms with Crippen LogP contribution in [0.4, 0.5) is 8.78 Å². The minimum atomic E-state index is -2.80. The maximum atomic E-state index is 13.0. The second-order valence-electron chi connectivity index (χ2n) is 4.48. The van der Waals surface area contributed by atoms with E-state index in [1.165, 1.54) is 0 Å². The van der Waals surface area contributed by atoms with E-state index in [1.807, 2.05) is 6.07 Å². The fourth-order valence-corrected chi connectivity index (χ4v) is 1.92. The van der Waals surface area contributed by atoms with E-state index < -0.39 is 30.8 Å². The van der Waals surface area contributed by atoms with Crippen molar-refractivity contribution in [1.29, 1.82) is 0 Å². The molecule has 0 aromatic carbocycles. The Balaban J connectivity index is 1.92. The second kappa shape index (κ2) is 4.97. The summed E-state index contributed by atoms with van der Waals surface area (Å²) in [7, 11) is 0. The first-order valence-corrected chi connectivity index (χ1v) is 5.80. The van der Waals surface area contributed by atoms with Crippen molar-refractivity contribution in [2.24, 2.45) is 0 Å².